The SMILES string of the molecule is O=C(COc1ccc2nc3n(c(=O)c2c1)CCCCC3)NCCCc1ccccc1. The monoisotopic (exact) mass is 405 g/mol. The number of nitrogens with zero attached hydrogens (tertiary/aromatic N) is 2. The van der Waals surface area contributed by atoms with Crippen molar-refractivity contribution in [1.29, 1.82) is 0 Å². The van der Waals surface area contributed by atoms with E-state index >= 15 is 0 Å². The Morgan fingerprint density at radius 3 is 2.83 bits per heavy atom. The topological polar surface area (TPSA) is 73.2 Å². The highest BCUT2D eigenvalue weighted by atomic mass is 16.5. The molecule has 3 aromatic rings. The van der Waals surface area contributed by atoms with Crippen LogP contribution in [0.15, 0.2) is 53.3 Å². The van der Waals surface area contributed by atoms with Crippen molar-refractivity contribution >= 4 is 16.8 Å². The lowest BCUT2D eigenvalue weighted by Crippen LogP contribution is -2.30. The van der Waals surface area contributed by atoms with Crippen molar-refractivity contribution in [3.05, 3.63) is 70.3 Å². The average Bonchev–Trinajstić information content (AvgIpc) is 3.02. The van der Waals surface area contributed by atoms with Gasteiger partial charge >= 0.3 is 0 Å². The molecule has 1 aliphatic heterocycles. The maximum Gasteiger partial charge on any atom is 0.261 e. The second kappa shape index (κ2) is 9.57. The first-order valence-electron chi connectivity index (χ1n) is 10.7. The molecular weight excluding hydrogens is 378 g/mol. The molecule has 1 N–H and O–H groups in total. The predicted octanol–water partition coefficient (Wildman–Crippen LogP) is 3.25. The van der Waals surface area contributed by atoms with Crippen molar-refractivity contribution in [2.24, 2.45) is 0 Å². The number of ether oxygens (including phenoxy) is 1. The number of benzene rings is 2. The van der Waals surface area contributed by atoms with Crippen molar-refractivity contribution in [2.45, 2.75) is 45.1 Å². The Balaban J connectivity index is 1.33. The molecule has 1 aliphatic rings. The molecule has 0 saturated carbocycles. The molecule has 0 spiro atoms. The fourth-order valence-electron chi connectivity index (χ4n) is 3.85. The van der Waals surface area contributed by atoms with E-state index in [1.165, 1.54) is 5.56 Å². The second-order valence-electron chi connectivity index (χ2n) is 7.70. The minimum absolute atomic E-state index is 0.0206. The number of amides is 1. The minimum atomic E-state index is -0.167. The summed E-state index contributed by atoms with van der Waals surface area (Å²) in [6.45, 7) is 1.25. The third kappa shape index (κ3) is 4.87. The zero-order valence-corrected chi connectivity index (χ0v) is 17.1. The molecule has 0 fully saturated rings. The van der Waals surface area contributed by atoms with E-state index in [4.69, 9.17) is 4.74 Å². The van der Waals surface area contributed by atoms with Crippen molar-refractivity contribution in [3.8, 4) is 5.75 Å². The summed E-state index contributed by atoms with van der Waals surface area (Å²) in [5, 5.41) is 3.42. The first-order chi connectivity index (χ1) is 14.7. The molecule has 6 nitrogen and oxygen atoms in total. The van der Waals surface area contributed by atoms with E-state index in [0.29, 0.717) is 29.7 Å². The summed E-state index contributed by atoms with van der Waals surface area (Å²) in [5.41, 5.74) is 1.93. The van der Waals surface area contributed by atoms with E-state index in [9.17, 15) is 9.59 Å². The van der Waals surface area contributed by atoms with Crippen LogP contribution < -0.4 is 15.6 Å². The number of hydrogen-bond donors (Lipinski definition) is 1. The van der Waals surface area contributed by atoms with Gasteiger partial charge in [-0.1, -0.05) is 36.8 Å². The van der Waals surface area contributed by atoms with Crippen molar-refractivity contribution < 1.29 is 9.53 Å². The summed E-state index contributed by atoms with van der Waals surface area (Å²) in [6, 6.07) is 15.5. The number of aryl methyl sites for hydroxylation is 2. The van der Waals surface area contributed by atoms with Gasteiger partial charge in [-0.15, -0.1) is 0 Å². The molecule has 30 heavy (non-hydrogen) atoms. The van der Waals surface area contributed by atoms with Gasteiger partial charge in [0.15, 0.2) is 6.61 Å². The van der Waals surface area contributed by atoms with E-state index < -0.39 is 0 Å². The van der Waals surface area contributed by atoms with E-state index in [1.807, 2.05) is 18.2 Å². The molecule has 1 amide bonds. The zero-order valence-electron chi connectivity index (χ0n) is 17.1. The summed E-state index contributed by atoms with van der Waals surface area (Å²) in [7, 11) is 0. The zero-order chi connectivity index (χ0) is 20.8. The minimum Gasteiger partial charge on any atom is -0.484 e. The molecule has 0 unspecified atom stereocenters. The van der Waals surface area contributed by atoms with Gasteiger partial charge in [-0.3, -0.25) is 14.2 Å². The van der Waals surface area contributed by atoms with Crippen LogP contribution in [0.2, 0.25) is 0 Å². The summed E-state index contributed by atoms with van der Waals surface area (Å²) >= 11 is 0. The van der Waals surface area contributed by atoms with Gasteiger partial charge in [0.2, 0.25) is 0 Å². The molecule has 0 saturated heterocycles. The van der Waals surface area contributed by atoms with Crippen LogP contribution in [-0.4, -0.2) is 28.6 Å². The van der Waals surface area contributed by atoms with Crippen LogP contribution in [0.25, 0.3) is 10.9 Å². The molecular formula is C24H27N3O3. The Bertz CT molecular complexity index is 1080. The Hall–Kier alpha value is -3.15. The standard InChI is InChI=1S/C24H27N3O3/c28-23(25-14-7-10-18-8-3-1-4-9-18)17-30-19-12-13-21-20(16-19)24(29)27-15-6-2-5-11-22(27)26-21/h1,3-4,8-9,12-13,16H,2,5-7,10-11,14-15,17H2,(H,25,28). The number of aromatic nitrogens is 2. The summed E-state index contributed by atoms with van der Waals surface area (Å²) in [6.07, 6.45) is 5.83. The highest BCUT2D eigenvalue weighted by Crippen LogP contribution is 2.19. The van der Waals surface area contributed by atoms with E-state index in [2.05, 4.69) is 22.4 Å². The fourth-order valence-corrected chi connectivity index (χ4v) is 3.85. The van der Waals surface area contributed by atoms with Gasteiger partial charge in [0, 0.05) is 19.5 Å². The summed E-state index contributed by atoms with van der Waals surface area (Å²) in [5.74, 6) is 1.21. The molecule has 0 bridgehead atoms. The number of carbonyl (C=O) groups excluding carboxylic acids is 1. The highest BCUT2D eigenvalue weighted by molar-refractivity contribution is 5.80. The van der Waals surface area contributed by atoms with Crippen LogP contribution >= 0.6 is 0 Å². The molecule has 0 atom stereocenters. The molecule has 4 rings (SSSR count). The van der Waals surface area contributed by atoms with Gasteiger partial charge in [0.25, 0.3) is 11.5 Å². The van der Waals surface area contributed by atoms with Crippen molar-refractivity contribution in [3.63, 3.8) is 0 Å². The second-order valence-corrected chi connectivity index (χ2v) is 7.70. The van der Waals surface area contributed by atoms with Gasteiger partial charge in [-0.25, -0.2) is 4.98 Å². The number of fused-ring (bicyclic) bond motifs is 2. The largest absolute Gasteiger partial charge is 0.484 e. The normalized spacial score (nSPS) is 13.5. The first-order valence-corrected chi connectivity index (χ1v) is 10.7. The maximum absolute atomic E-state index is 12.9. The predicted molar refractivity (Wildman–Crippen MR) is 117 cm³/mol. The number of nitrogens with one attached hydrogen (secondary N) is 1. The lowest BCUT2D eigenvalue weighted by atomic mass is 10.1. The Morgan fingerprint density at radius 1 is 1.10 bits per heavy atom. The Kier molecular flexibility index (Phi) is 6.42. The smallest absolute Gasteiger partial charge is 0.261 e. The van der Waals surface area contributed by atoms with Gasteiger partial charge in [-0.05, 0) is 49.4 Å². The van der Waals surface area contributed by atoms with Crippen LogP contribution in [0.5, 0.6) is 5.75 Å². The van der Waals surface area contributed by atoms with Crippen LogP contribution in [-0.2, 0) is 24.2 Å². The average molecular weight is 405 g/mol. The van der Waals surface area contributed by atoms with Gasteiger partial charge in [0.1, 0.15) is 11.6 Å². The van der Waals surface area contributed by atoms with Crippen LogP contribution in [0, 0.1) is 0 Å². The van der Waals surface area contributed by atoms with Crippen LogP contribution in [0.4, 0.5) is 0 Å². The third-order valence-corrected chi connectivity index (χ3v) is 5.46. The van der Waals surface area contributed by atoms with Gasteiger partial charge in [0.05, 0.1) is 10.9 Å². The van der Waals surface area contributed by atoms with E-state index in [-0.39, 0.29) is 18.1 Å². The lowest BCUT2D eigenvalue weighted by molar-refractivity contribution is -0.123. The van der Waals surface area contributed by atoms with Crippen LogP contribution in [0.3, 0.4) is 0 Å². The summed E-state index contributed by atoms with van der Waals surface area (Å²) < 4.78 is 7.42. The van der Waals surface area contributed by atoms with Crippen molar-refractivity contribution in [2.75, 3.05) is 13.2 Å². The van der Waals surface area contributed by atoms with E-state index in [0.717, 1.165) is 44.3 Å². The molecule has 2 heterocycles. The fraction of sp³-hybridized carbons (Fsp3) is 0.375. The molecule has 2 aromatic carbocycles. The van der Waals surface area contributed by atoms with E-state index in [1.54, 1.807) is 22.8 Å². The van der Waals surface area contributed by atoms with Gasteiger partial charge in [-0.2, -0.15) is 0 Å². The maximum atomic E-state index is 12.9. The number of carbonyl (C=O) groups is 1. The highest BCUT2D eigenvalue weighted by Gasteiger charge is 2.14. The summed E-state index contributed by atoms with van der Waals surface area (Å²) in [4.78, 5) is 29.6. The molecule has 0 radical (unpaired) electrons. The first kappa shape index (κ1) is 20.1. The van der Waals surface area contributed by atoms with Gasteiger partial charge < -0.3 is 10.1 Å². The third-order valence-electron chi connectivity index (χ3n) is 5.46. The molecule has 156 valence electrons. The van der Waals surface area contributed by atoms with Crippen LogP contribution in [0.1, 0.15) is 37.1 Å². The Labute approximate surface area is 175 Å². The number of rotatable bonds is 7. The molecule has 1 aromatic heterocycles. The number of hydrogen-bond acceptors (Lipinski definition) is 4. The quantitative estimate of drug-likeness (QED) is 0.613. The van der Waals surface area contributed by atoms with Crippen molar-refractivity contribution in [1.82, 2.24) is 14.9 Å². The molecule has 6 heteroatoms. The Morgan fingerprint density at radius 2 is 1.97 bits per heavy atom. The lowest BCUT2D eigenvalue weighted by Gasteiger charge is -2.11. The molecule has 0 aliphatic carbocycles.